The number of carbonyl (C=O) groups excluding carboxylic acids is 2. The highest BCUT2D eigenvalue weighted by Crippen LogP contribution is 2.32. The van der Waals surface area contributed by atoms with Gasteiger partial charge in [-0.3, -0.25) is 14.5 Å². The first-order valence-electron chi connectivity index (χ1n) is 18.8. The van der Waals surface area contributed by atoms with Gasteiger partial charge in [0.25, 0.3) is 0 Å². The number of hydrogen-bond donors (Lipinski definition) is 5. The van der Waals surface area contributed by atoms with Crippen LogP contribution in [-0.2, 0) is 9.59 Å². The molecule has 4 aromatic rings. The van der Waals surface area contributed by atoms with E-state index in [0.29, 0.717) is 55.2 Å². The van der Waals surface area contributed by atoms with Crippen LogP contribution < -0.4 is 21.3 Å². The number of nitrogens with one attached hydrogen (secondary N) is 2. The molecule has 14 nitrogen and oxygen atoms in total. The van der Waals surface area contributed by atoms with Gasteiger partial charge in [0.2, 0.25) is 11.8 Å². The van der Waals surface area contributed by atoms with Crippen LogP contribution in [0.2, 0.25) is 0 Å². The zero-order valence-corrected chi connectivity index (χ0v) is 33.3. The van der Waals surface area contributed by atoms with E-state index >= 15 is 0 Å². The van der Waals surface area contributed by atoms with Crippen molar-refractivity contribution in [2.24, 2.45) is 5.41 Å². The number of aryl methyl sites for hydroxylation is 1. The van der Waals surface area contributed by atoms with Crippen LogP contribution in [-0.4, -0.2) is 110 Å². The van der Waals surface area contributed by atoms with E-state index < -0.39 is 29.6 Å². The van der Waals surface area contributed by atoms with Crippen LogP contribution in [0.3, 0.4) is 0 Å². The van der Waals surface area contributed by atoms with Gasteiger partial charge in [-0.25, -0.2) is 9.78 Å². The Bertz CT molecular complexity index is 2070. The molecule has 2 fully saturated rings. The van der Waals surface area contributed by atoms with Crippen molar-refractivity contribution in [3.05, 3.63) is 89.2 Å². The topological polar surface area (TPSA) is 190 Å². The standard InChI is InChI=1S/C41H51N9O5S/c1-24(27-11-13-28(14-12-27)36-26(3)43-23-56-36)44-25(2)33-19-29(51)21-50(33)39(53)37(41(4,5)6)45-35(52)22-48-15-17-49(18-16-48)34-20-32(46-47-38(34)42)30-9-7-8-10-31(30)40(54)55/h7-14,20,23-24,29,33,37,44,51H,2,15-19,21-22H2,1,3-6H3,(H2,42,47)(H,45,52)(H,54,55)/t24-,29+,33-,37+/m0/s1. The van der Waals surface area contributed by atoms with Crippen molar-refractivity contribution in [3.8, 4) is 21.7 Å². The molecule has 0 unspecified atom stereocenters. The molecular formula is C41H51N9O5S. The number of aliphatic hydroxyl groups excluding tert-OH is 1. The number of β-amino-alcohol motifs (C(OH)–C–C–N with tert-alkyl or cyclic N) is 1. The van der Waals surface area contributed by atoms with Gasteiger partial charge >= 0.3 is 5.97 Å². The van der Waals surface area contributed by atoms with E-state index in [9.17, 15) is 24.6 Å². The minimum Gasteiger partial charge on any atom is -0.478 e. The Labute approximate surface area is 331 Å². The molecule has 0 radical (unpaired) electrons. The third-order valence-electron chi connectivity index (χ3n) is 10.5. The molecule has 296 valence electrons. The van der Waals surface area contributed by atoms with E-state index in [1.54, 1.807) is 40.5 Å². The van der Waals surface area contributed by atoms with Crippen LogP contribution >= 0.6 is 11.3 Å². The molecule has 6 rings (SSSR count). The van der Waals surface area contributed by atoms with Crippen LogP contribution in [0.4, 0.5) is 11.5 Å². The van der Waals surface area contributed by atoms with Crippen LogP contribution in [0.1, 0.15) is 61.8 Å². The van der Waals surface area contributed by atoms with Crippen LogP contribution in [0.5, 0.6) is 0 Å². The normalized spacial score (nSPS) is 18.7. The lowest BCUT2D eigenvalue weighted by Gasteiger charge is -2.38. The van der Waals surface area contributed by atoms with Crippen molar-refractivity contribution in [2.75, 3.05) is 49.9 Å². The van der Waals surface area contributed by atoms with Crippen molar-refractivity contribution in [3.63, 3.8) is 0 Å². The highest BCUT2D eigenvalue weighted by Gasteiger charge is 2.43. The number of nitrogens with two attached hydrogens (primary N) is 1. The summed E-state index contributed by atoms with van der Waals surface area (Å²) in [5, 5.41) is 35.2. The van der Waals surface area contributed by atoms with E-state index in [2.05, 4.69) is 56.7 Å². The Hall–Kier alpha value is -5.38. The number of aromatic nitrogens is 3. The van der Waals surface area contributed by atoms with Gasteiger partial charge in [0.05, 0.1) is 51.7 Å². The van der Waals surface area contributed by atoms with Gasteiger partial charge in [0.15, 0.2) is 5.82 Å². The predicted octanol–water partition coefficient (Wildman–Crippen LogP) is 4.34. The lowest BCUT2D eigenvalue weighted by Crippen LogP contribution is -2.58. The number of nitrogens with zero attached hydrogens (tertiary/aromatic N) is 6. The molecule has 2 amide bonds. The molecule has 6 N–H and O–H groups in total. The fourth-order valence-corrected chi connectivity index (χ4v) is 8.20. The number of thiazole rings is 1. The summed E-state index contributed by atoms with van der Waals surface area (Å²) >= 11 is 1.61. The van der Waals surface area contributed by atoms with Crippen LogP contribution in [0.25, 0.3) is 21.7 Å². The molecule has 0 aliphatic carbocycles. The second kappa shape index (κ2) is 16.8. The summed E-state index contributed by atoms with van der Waals surface area (Å²) in [7, 11) is 0. The summed E-state index contributed by atoms with van der Waals surface area (Å²) in [6.45, 7) is 16.5. The zero-order valence-electron chi connectivity index (χ0n) is 32.5. The number of aliphatic hydroxyl groups is 1. The Balaban J connectivity index is 1.06. The molecule has 2 aromatic heterocycles. The van der Waals surface area contributed by atoms with Crippen molar-refractivity contribution in [2.45, 2.75) is 65.3 Å². The van der Waals surface area contributed by atoms with Gasteiger partial charge in [0.1, 0.15) is 6.04 Å². The lowest BCUT2D eigenvalue weighted by molar-refractivity contribution is -0.140. The van der Waals surface area contributed by atoms with E-state index in [-0.39, 0.29) is 42.3 Å². The Morgan fingerprint density at radius 2 is 1.73 bits per heavy atom. The average molecular weight is 782 g/mol. The number of nitrogen functional groups attached to an aromatic ring is 1. The number of hydrogen-bond acceptors (Lipinski definition) is 12. The Kier molecular flexibility index (Phi) is 12.1. The van der Waals surface area contributed by atoms with Gasteiger partial charge < -0.3 is 36.4 Å². The number of carboxylic acid groups (broad SMARTS) is 1. The van der Waals surface area contributed by atoms with Crippen molar-refractivity contribution < 1.29 is 24.6 Å². The van der Waals surface area contributed by atoms with E-state index in [1.165, 1.54) is 6.07 Å². The summed E-state index contributed by atoms with van der Waals surface area (Å²) in [5.41, 5.74) is 12.9. The molecule has 4 heterocycles. The minimum absolute atomic E-state index is 0.0915. The van der Waals surface area contributed by atoms with Gasteiger partial charge in [-0.2, -0.15) is 0 Å². The van der Waals surface area contributed by atoms with E-state index in [4.69, 9.17) is 5.73 Å². The average Bonchev–Trinajstić information content (AvgIpc) is 3.79. The van der Waals surface area contributed by atoms with Crippen molar-refractivity contribution in [1.29, 1.82) is 0 Å². The second-order valence-electron chi connectivity index (χ2n) is 15.7. The number of amides is 2. The fourth-order valence-electron chi connectivity index (χ4n) is 7.39. The number of carbonyl (C=O) groups is 3. The molecule has 56 heavy (non-hydrogen) atoms. The van der Waals surface area contributed by atoms with E-state index in [0.717, 1.165) is 21.7 Å². The number of likely N-dealkylation sites (tertiary alicyclic amines) is 1. The third kappa shape index (κ3) is 9.01. The van der Waals surface area contributed by atoms with Gasteiger partial charge in [-0.15, -0.1) is 21.5 Å². The zero-order chi connectivity index (χ0) is 40.3. The molecule has 4 atom stereocenters. The highest BCUT2D eigenvalue weighted by atomic mass is 32.1. The van der Waals surface area contributed by atoms with Gasteiger partial charge in [-0.1, -0.05) is 69.8 Å². The molecule has 2 aliphatic rings. The van der Waals surface area contributed by atoms with Crippen molar-refractivity contribution in [1.82, 2.24) is 35.6 Å². The maximum absolute atomic E-state index is 14.3. The SMILES string of the molecule is C=C(N[C@@H](C)c1ccc(-c2scnc2C)cc1)[C@@H]1C[C@@H](O)CN1C(=O)[C@@H](NC(=O)CN1CCN(c2cc(-c3ccccc3C(=O)O)nnc2N)CC1)C(C)(C)C. The molecule has 0 spiro atoms. The van der Waals surface area contributed by atoms with E-state index in [1.807, 2.05) is 49.9 Å². The largest absolute Gasteiger partial charge is 0.478 e. The summed E-state index contributed by atoms with van der Waals surface area (Å²) in [5.74, 6) is -1.37. The molecular weight excluding hydrogens is 731 g/mol. The van der Waals surface area contributed by atoms with Gasteiger partial charge in [-0.05, 0) is 42.5 Å². The quantitative estimate of drug-likeness (QED) is 0.137. The summed E-state index contributed by atoms with van der Waals surface area (Å²) < 4.78 is 0. The Morgan fingerprint density at radius 1 is 1.04 bits per heavy atom. The van der Waals surface area contributed by atoms with Gasteiger partial charge in [0, 0.05) is 56.4 Å². The number of piperazine rings is 1. The number of benzene rings is 2. The molecule has 0 bridgehead atoms. The monoisotopic (exact) mass is 781 g/mol. The molecule has 0 saturated carbocycles. The maximum Gasteiger partial charge on any atom is 0.336 e. The first-order chi connectivity index (χ1) is 26.6. The van der Waals surface area contributed by atoms with Crippen LogP contribution in [0, 0.1) is 12.3 Å². The molecule has 15 heteroatoms. The highest BCUT2D eigenvalue weighted by molar-refractivity contribution is 7.13. The number of anilines is 2. The lowest BCUT2D eigenvalue weighted by atomic mass is 9.85. The predicted molar refractivity (Wildman–Crippen MR) is 218 cm³/mol. The Morgan fingerprint density at radius 3 is 2.38 bits per heavy atom. The number of rotatable bonds is 12. The smallest absolute Gasteiger partial charge is 0.336 e. The first-order valence-corrected chi connectivity index (χ1v) is 19.7. The number of carboxylic acids is 1. The third-order valence-corrected chi connectivity index (χ3v) is 11.5. The summed E-state index contributed by atoms with van der Waals surface area (Å²) in [6.07, 6.45) is -0.381. The molecule has 2 aromatic carbocycles. The second-order valence-corrected chi connectivity index (χ2v) is 16.5. The summed E-state index contributed by atoms with van der Waals surface area (Å²) in [4.78, 5) is 50.9. The summed E-state index contributed by atoms with van der Waals surface area (Å²) in [6, 6.07) is 15.3. The molecule has 2 saturated heterocycles. The van der Waals surface area contributed by atoms with Crippen molar-refractivity contribution >= 4 is 40.6 Å². The molecule has 2 aliphatic heterocycles. The van der Waals surface area contributed by atoms with Crippen LogP contribution in [0.15, 0.2) is 72.4 Å². The fraction of sp³-hybridized carbons (Fsp3) is 0.415. The minimum atomic E-state index is -1.06. The number of aromatic carboxylic acids is 1. The maximum atomic E-state index is 14.3. The first kappa shape index (κ1) is 40.3.